The first kappa shape index (κ1) is 16.4. The molecule has 6 heteroatoms. The van der Waals surface area contributed by atoms with Crippen molar-refractivity contribution in [3.63, 3.8) is 0 Å². The van der Waals surface area contributed by atoms with Gasteiger partial charge >= 0.3 is 5.97 Å². The van der Waals surface area contributed by atoms with Crippen LogP contribution in [0.3, 0.4) is 0 Å². The van der Waals surface area contributed by atoms with Crippen LogP contribution >= 0.6 is 0 Å². The SMILES string of the molecule is COc1cccc(O)c1-c1c(OC(C)=O)ccc(O)c1C(C)=O. The fraction of sp³-hybridized carbons (Fsp3) is 0.176. The van der Waals surface area contributed by atoms with E-state index in [1.807, 2.05) is 0 Å². The first-order chi connectivity index (χ1) is 10.9. The molecule has 0 heterocycles. The number of carbonyl (C=O) groups excluding carboxylic acids is 2. The Morgan fingerprint density at radius 3 is 2.17 bits per heavy atom. The highest BCUT2D eigenvalue weighted by Gasteiger charge is 2.25. The van der Waals surface area contributed by atoms with E-state index in [4.69, 9.17) is 9.47 Å². The van der Waals surface area contributed by atoms with Gasteiger partial charge in [0, 0.05) is 12.5 Å². The predicted molar refractivity (Wildman–Crippen MR) is 83.1 cm³/mol. The van der Waals surface area contributed by atoms with Crippen molar-refractivity contribution in [2.75, 3.05) is 7.11 Å². The van der Waals surface area contributed by atoms with Gasteiger partial charge in [0.1, 0.15) is 23.0 Å². The zero-order valence-corrected chi connectivity index (χ0v) is 12.9. The van der Waals surface area contributed by atoms with E-state index < -0.39 is 11.8 Å². The highest BCUT2D eigenvalue weighted by molar-refractivity contribution is 6.06. The molecule has 0 aromatic heterocycles. The van der Waals surface area contributed by atoms with Crippen molar-refractivity contribution in [1.82, 2.24) is 0 Å². The second-order valence-electron chi connectivity index (χ2n) is 4.84. The number of Topliss-reactive ketones (excluding diaryl/α,β-unsaturated/α-hetero) is 1. The standard InChI is InChI=1S/C17H16O6/c1-9(18)15-12(21)7-8-14(23-10(2)19)17(15)16-11(20)5-4-6-13(16)22-3/h4-8,20-21H,1-3H3. The Morgan fingerprint density at radius 1 is 0.913 bits per heavy atom. The number of carbonyl (C=O) groups is 2. The smallest absolute Gasteiger partial charge is 0.308 e. The molecule has 0 aliphatic heterocycles. The average molecular weight is 316 g/mol. The van der Waals surface area contributed by atoms with E-state index in [0.29, 0.717) is 0 Å². The minimum Gasteiger partial charge on any atom is -0.507 e. The summed E-state index contributed by atoms with van der Waals surface area (Å²) in [5.74, 6) is -1.19. The molecule has 2 N–H and O–H groups in total. The zero-order chi connectivity index (χ0) is 17.1. The van der Waals surface area contributed by atoms with E-state index in [9.17, 15) is 19.8 Å². The van der Waals surface area contributed by atoms with Crippen molar-refractivity contribution in [2.24, 2.45) is 0 Å². The number of esters is 1. The van der Waals surface area contributed by atoms with Gasteiger partial charge in [-0.3, -0.25) is 9.59 Å². The number of ketones is 1. The molecular formula is C17H16O6. The van der Waals surface area contributed by atoms with Gasteiger partial charge in [-0.25, -0.2) is 0 Å². The van der Waals surface area contributed by atoms with E-state index in [0.717, 1.165) is 0 Å². The number of methoxy groups -OCH3 is 1. The van der Waals surface area contributed by atoms with Crippen LogP contribution in [-0.2, 0) is 4.79 Å². The summed E-state index contributed by atoms with van der Waals surface area (Å²) in [6.45, 7) is 2.48. The summed E-state index contributed by atoms with van der Waals surface area (Å²) in [7, 11) is 1.40. The van der Waals surface area contributed by atoms with Gasteiger partial charge in [-0.2, -0.15) is 0 Å². The Hall–Kier alpha value is -3.02. The largest absolute Gasteiger partial charge is 0.507 e. The number of rotatable bonds is 4. The Kier molecular flexibility index (Phi) is 4.55. The van der Waals surface area contributed by atoms with Crippen LogP contribution in [0, 0.1) is 0 Å². The maximum absolute atomic E-state index is 12.0. The van der Waals surface area contributed by atoms with E-state index in [1.54, 1.807) is 12.1 Å². The highest BCUT2D eigenvalue weighted by atomic mass is 16.5. The van der Waals surface area contributed by atoms with Gasteiger partial charge in [-0.05, 0) is 31.2 Å². The van der Waals surface area contributed by atoms with Crippen molar-refractivity contribution in [3.05, 3.63) is 35.9 Å². The lowest BCUT2D eigenvalue weighted by molar-refractivity contribution is -0.131. The third-order valence-corrected chi connectivity index (χ3v) is 3.23. The van der Waals surface area contributed by atoms with Crippen molar-refractivity contribution >= 4 is 11.8 Å². The van der Waals surface area contributed by atoms with Gasteiger partial charge in [0.25, 0.3) is 0 Å². The van der Waals surface area contributed by atoms with Crippen molar-refractivity contribution in [3.8, 4) is 34.1 Å². The maximum atomic E-state index is 12.0. The molecule has 0 aliphatic carbocycles. The molecule has 0 fully saturated rings. The van der Waals surface area contributed by atoms with Gasteiger partial charge in [0.15, 0.2) is 5.78 Å². The summed E-state index contributed by atoms with van der Waals surface area (Å²) in [4.78, 5) is 23.3. The Bertz CT molecular complexity index is 779. The van der Waals surface area contributed by atoms with Gasteiger partial charge in [-0.15, -0.1) is 0 Å². The average Bonchev–Trinajstić information content (AvgIpc) is 2.48. The first-order valence-electron chi connectivity index (χ1n) is 6.78. The third-order valence-electron chi connectivity index (χ3n) is 3.23. The molecule has 120 valence electrons. The van der Waals surface area contributed by atoms with Crippen molar-refractivity contribution < 1.29 is 29.3 Å². The van der Waals surface area contributed by atoms with Crippen LogP contribution in [0.25, 0.3) is 11.1 Å². The van der Waals surface area contributed by atoms with Crippen LogP contribution in [0.1, 0.15) is 24.2 Å². The van der Waals surface area contributed by atoms with Crippen LogP contribution in [-0.4, -0.2) is 29.1 Å². The summed E-state index contributed by atoms with van der Waals surface area (Å²) >= 11 is 0. The van der Waals surface area contributed by atoms with E-state index in [2.05, 4.69) is 0 Å². The molecule has 0 saturated carbocycles. The van der Waals surface area contributed by atoms with E-state index in [1.165, 1.54) is 39.2 Å². The first-order valence-corrected chi connectivity index (χ1v) is 6.78. The number of ether oxygens (including phenoxy) is 2. The van der Waals surface area contributed by atoms with Crippen molar-refractivity contribution in [1.29, 1.82) is 0 Å². The fourth-order valence-corrected chi connectivity index (χ4v) is 2.36. The number of hydrogen-bond donors (Lipinski definition) is 2. The highest BCUT2D eigenvalue weighted by Crippen LogP contribution is 2.46. The minimum absolute atomic E-state index is 0.0419. The van der Waals surface area contributed by atoms with Gasteiger partial charge in [0.2, 0.25) is 0 Å². The van der Waals surface area contributed by atoms with Gasteiger partial charge < -0.3 is 19.7 Å². The lowest BCUT2D eigenvalue weighted by atomic mass is 9.94. The molecule has 2 aromatic carbocycles. The van der Waals surface area contributed by atoms with E-state index >= 15 is 0 Å². The summed E-state index contributed by atoms with van der Waals surface area (Å²) < 4.78 is 10.4. The van der Waals surface area contributed by atoms with Crippen LogP contribution in [0.2, 0.25) is 0 Å². The normalized spacial score (nSPS) is 10.2. The molecule has 0 saturated heterocycles. The van der Waals surface area contributed by atoms with Crippen LogP contribution in [0.15, 0.2) is 30.3 Å². The monoisotopic (exact) mass is 316 g/mol. The lowest BCUT2D eigenvalue weighted by Gasteiger charge is -2.17. The number of aromatic hydroxyl groups is 2. The molecule has 2 rings (SSSR count). The quantitative estimate of drug-likeness (QED) is 0.512. The summed E-state index contributed by atoms with van der Waals surface area (Å²) in [5.41, 5.74) is 0.193. The lowest BCUT2D eigenvalue weighted by Crippen LogP contribution is -2.06. The number of hydrogen-bond acceptors (Lipinski definition) is 6. The summed E-state index contributed by atoms with van der Waals surface area (Å²) in [5, 5.41) is 20.3. The molecule has 0 spiro atoms. The molecule has 0 aliphatic rings. The summed E-state index contributed by atoms with van der Waals surface area (Å²) in [6.07, 6.45) is 0. The predicted octanol–water partition coefficient (Wildman–Crippen LogP) is 2.90. The topological polar surface area (TPSA) is 93.1 Å². The molecule has 0 atom stereocenters. The molecule has 23 heavy (non-hydrogen) atoms. The Morgan fingerprint density at radius 2 is 1.61 bits per heavy atom. The van der Waals surface area contributed by atoms with Crippen LogP contribution in [0.4, 0.5) is 0 Å². The molecule has 0 bridgehead atoms. The Balaban J connectivity index is 2.91. The van der Waals surface area contributed by atoms with Crippen molar-refractivity contribution in [2.45, 2.75) is 13.8 Å². The molecule has 2 aromatic rings. The number of phenols is 2. The maximum Gasteiger partial charge on any atom is 0.308 e. The molecule has 0 radical (unpaired) electrons. The van der Waals surface area contributed by atoms with Gasteiger partial charge in [-0.1, -0.05) is 6.07 Å². The third kappa shape index (κ3) is 3.11. The fourth-order valence-electron chi connectivity index (χ4n) is 2.36. The van der Waals surface area contributed by atoms with Crippen LogP contribution in [0.5, 0.6) is 23.0 Å². The number of phenolic OH excluding ortho intramolecular Hbond substituents is 2. The molecule has 0 unspecified atom stereocenters. The second-order valence-corrected chi connectivity index (χ2v) is 4.84. The molecular weight excluding hydrogens is 300 g/mol. The van der Waals surface area contributed by atoms with Crippen LogP contribution < -0.4 is 9.47 Å². The second kappa shape index (κ2) is 6.39. The number of benzene rings is 2. The van der Waals surface area contributed by atoms with Gasteiger partial charge in [0.05, 0.1) is 18.2 Å². The molecule has 6 nitrogen and oxygen atoms in total. The minimum atomic E-state index is -0.596. The summed E-state index contributed by atoms with van der Waals surface area (Å²) in [6, 6.07) is 7.17. The zero-order valence-electron chi connectivity index (χ0n) is 12.9. The molecule has 0 amide bonds. The van der Waals surface area contributed by atoms with E-state index in [-0.39, 0.29) is 39.7 Å². The Labute approximate surface area is 132 Å².